The Balaban J connectivity index is 1.57. The zero-order valence-electron chi connectivity index (χ0n) is 18.2. The Morgan fingerprint density at radius 3 is 2.56 bits per heavy atom. The highest BCUT2D eigenvalue weighted by molar-refractivity contribution is 7.14. The van der Waals surface area contributed by atoms with Gasteiger partial charge in [0.1, 0.15) is 21.5 Å². The summed E-state index contributed by atoms with van der Waals surface area (Å²) in [6.07, 6.45) is 0.537. The van der Waals surface area contributed by atoms with Gasteiger partial charge in [0.25, 0.3) is 0 Å². The molecule has 0 spiro atoms. The molecule has 0 saturated carbocycles. The maximum Gasteiger partial charge on any atom is 0.335 e. The van der Waals surface area contributed by atoms with Crippen molar-refractivity contribution in [2.24, 2.45) is 5.92 Å². The van der Waals surface area contributed by atoms with Gasteiger partial charge < -0.3 is 14.7 Å². The first-order chi connectivity index (χ1) is 15.3. The third-order valence-corrected chi connectivity index (χ3v) is 6.62. The number of rotatable bonds is 7. The van der Waals surface area contributed by atoms with Crippen molar-refractivity contribution >= 4 is 23.2 Å². The molecule has 0 bridgehead atoms. The van der Waals surface area contributed by atoms with Gasteiger partial charge in [-0.15, -0.1) is 10.2 Å². The second kappa shape index (κ2) is 9.08. The maximum atomic E-state index is 12.2. The van der Waals surface area contributed by atoms with E-state index in [0.717, 1.165) is 21.1 Å². The van der Waals surface area contributed by atoms with Crippen molar-refractivity contribution in [2.45, 2.75) is 39.7 Å². The van der Waals surface area contributed by atoms with Gasteiger partial charge in [0.2, 0.25) is 5.91 Å². The third kappa shape index (κ3) is 4.80. The van der Waals surface area contributed by atoms with Gasteiger partial charge in [0, 0.05) is 36.6 Å². The minimum Gasteiger partial charge on any atom is -0.478 e. The minimum atomic E-state index is -1.03. The lowest BCUT2D eigenvalue weighted by molar-refractivity contribution is -0.128. The van der Waals surface area contributed by atoms with Crippen molar-refractivity contribution in [2.75, 3.05) is 6.54 Å². The highest BCUT2D eigenvalue weighted by Crippen LogP contribution is 2.32. The zero-order chi connectivity index (χ0) is 22.8. The summed E-state index contributed by atoms with van der Waals surface area (Å²) in [5, 5.41) is 19.7. The number of carbonyl (C=O) groups is 2. The van der Waals surface area contributed by atoms with E-state index in [0.29, 0.717) is 42.8 Å². The van der Waals surface area contributed by atoms with Crippen molar-refractivity contribution < 1.29 is 19.4 Å². The molecule has 7 nitrogen and oxygen atoms in total. The Morgan fingerprint density at radius 1 is 1.22 bits per heavy atom. The average Bonchev–Trinajstić information content (AvgIpc) is 3.36. The molecule has 2 heterocycles. The highest BCUT2D eigenvalue weighted by Gasteiger charge is 2.27. The number of hydrogen-bond acceptors (Lipinski definition) is 6. The predicted molar refractivity (Wildman–Crippen MR) is 122 cm³/mol. The largest absolute Gasteiger partial charge is 0.478 e. The fourth-order valence-electron chi connectivity index (χ4n) is 3.62. The van der Waals surface area contributed by atoms with E-state index in [1.54, 1.807) is 28.4 Å². The molecule has 1 aliphatic rings. The van der Waals surface area contributed by atoms with E-state index in [9.17, 15) is 14.7 Å². The molecule has 0 radical (unpaired) electrons. The van der Waals surface area contributed by atoms with Crippen molar-refractivity contribution in [3.63, 3.8) is 0 Å². The van der Waals surface area contributed by atoms with E-state index in [2.05, 4.69) is 24.0 Å². The predicted octanol–water partition coefficient (Wildman–Crippen LogP) is 5.19. The summed E-state index contributed by atoms with van der Waals surface area (Å²) in [6.45, 7) is 7.29. The number of amides is 1. The quantitative estimate of drug-likeness (QED) is 0.532. The van der Waals surface area contributed by atoms with Crippen LogP contribution in [0.25, 0.3) is 10.6 Å². The first kappa shape index (κ1) is 22.0. The average molecular weight is 452 g/mol. The third-order valence-electron chi connectivity index (χ3n) is 5.35. The lowest BCUT2D eigenvalue weighted by atomic mass is 10.1. The van der Waals surface area contributed by atoms with E-state index in [1.165, 1.54) is 6.07 Å². The van der Waals surface area contributed by atoms with Crippen LogP contribution in [0.3, 0.4) is 0 Å². The SMILES string of the molecule is CC1CC(=O)N(Cc2ccc(C(=O)O)cc2Oc2ccc(-c3nnc(C(C)C)s3)cc2)C1. The van der Waals surface area contributed by atoms with Crippen molar-refractivity contribution in [3.05, 3.63) is 58.6 Å². The Bertz CT molecular complexity index is 1140. The Morgan fingerprint density at radius 2 is 1.97 bits per heavy atom. The zero-order valence-corrected chi connectivity index (χ0v) is 19.1. The van der Waals surface area contributed by atoms with E-state index in [-0.39, 0.29) is 11.5 Å². The number of carbonyl (C=O) groups excluding carboxylic acids is 1. The molecule has 166 valence electrons. The molecule has 1 saturated heterocycles. The maximum absolute atomic E-state index is 12.2. The number of carboxylic acid groups (broad SMARTS) is 1. The van der Waals surface area contributed by atoms with E-state index < -0.39 is 5.97 Å². The lowest BCUT2D eigenvalue weighted by Crippen LogP contribution is -2.24. The summed E-state index contributed by atoms with van der Waals surface area (Å²) in [6, 6.07) is 12.2. The van der Waals surface area contributed by atoms with Gasteiger partial charge in [-0.25, -0.2) is 4.79 Å². The smallest absolute Gasteiger partial charge is 0.335 e. The van der Waals surface area contributed by atoms with Gasteiger partial charge in [-0.3, -0.25) is 4.79 Å². The summed E-state index contributed by atoms with van der Waals surface area (Å²) >= 11 is 1.56. The van der Waals surface area contributed by atoms with Crippen molar-refractivity contribution in [1.82, 2.24) is 15.1 Å². The molecule has 4 rings (SSSR count). The lowest BCUT2D eigenvalue weighted by Gasteiger charge is -2.19. The van der Waals surface area contributed by atoms with Gasteiger partial charge in [-0.05, 0) is 42.3 Å². The molecule has 1 aromatic heterocycles. The van der Waals surface area contributed by atoms with E-state index >= 15 is 0 Å². The molecule has 1 unspecified atom stereocenters. The van der Waals surface area contributed by atoms with Crippen LogP contribution >= 0.6 is 11.3 Å². The van der Waals surface area contributed by atoms with Crippen LogP contribution in [0.2, 0.25) is 0 Å². The molecular formula is C24H25N3O4S. The van der Waals surface area contributed by atoms with Crippen LogP contribution in [0.15, 0.2) is 42.5 Å². The number of benzene rings is 2. The van der Waals surface area contributed by atoms with E-state index in [4.69, 9.17) is 4.74 Å². The molecule has 1 fully saturated rings. The van der Waals surface area contributed by atoms with Crippen LogP contribution in [0.5, 0.6) is 11.5 Å². The van der Waals surface area contributed by atoms with Gasteiger partial charge in [0.15, 0.2) is 0 Å². The molecular weight excluding hydrogens is 426 g/mol. The van der Waals surface area contributed by atoms with Crippen LogP contribution < -0.4 is 4.74 Å². The van der Waals surface area contributed by atoms with Crippen molar-refractivity contribution in [3.8, 4) is 22.1 Å². The van der Waals surface area contributed by atoms with Gasteiger partial charge in [-0.1, -0.05) is 38.2 Å². The molecule has 1 atom stereocenters. The molecule has 1 N–H and O–H groups in total. The molecule has 1 amide bonds. The Labute approximate surface area is 190 Å². The summed E-state index contributed by atoms with van der Waals surface area (Å²) in [5.74, 6) is 0.728. The second-order valence-electron chi connectivity index (χ2n) is 8.44. The van der Waals surface area contributed by atoms with Crippen LogP contribution in [0, 0.1) is 5.92 Å². The van der Waals surface area contributed by atoms with Gasteiger partial charge in [0.05, 0.1) is 5.56 Å². The number of aromatic carboxylic acids is 1. The standard InChI is InChI=1S/C24H25N3O4S/c1-14(2)22-25-26-23(32-22)16-6-8-19(9-7-16)31-20-11-17(24(29)30)4-5-18(20)13-27-12-15(3)10-21(27)28/h4-9,11,14-15H,10,12-13H2,1-3H3,(H,29,30). The summed E-state index contributed by atoms with van der Waals surface area (Å²) in [5.41, 5.74) is 1.85. The summed E-state index contributed by atoms with van der Waals surface area (Å²) in [4.78, 5) is 25.5. The van der Waals surface area contributed by atoms with Crippen LogP contribution in [0.1, 0.15) is 54.0 Å². The number of nitrogens with zero attached hydrogens (tertiary/aromatic N) is 3. The van der Waals surface area contributed by atoms with Crippen molar-refractivity contribution in [1.29, 1.82) is 0 Å². The Kier molecular flexibility index (Phi) is 6.23. The number of carboxylic acids is 1. The molecule has 2 aromatic carbocycles. The molecule has 1 aliphatic heterocycles. The Hall–Kier alpha value is -3.26. The molecule has 3 aromatic rings. The van der Waals surface area contributed by atoms with Crippen LogP contribution in [0.4, 0.5) is 0 Å². The van der Waals surface area contributed by atoms with Gasteiger partial charge in [-0.2, -0.15) is 0 Å². The molecule has 8 heteroatoms. The molecule has 32 heavy (non-hydrogen) atoms. The van der Waals surface area contributed by atoms with Crippen LogP contribution in [-0.2, 0) is 11.3 Å². The fourth-order valence-corrected chi connectivity index (χ4v) is 4.47. The number of likely N-dealkylation sites (tertiary alicyclic amines) is 1. The second-order valence-corrected chi connectivity index (χ2v) is 9.45. The number of ether oxygens (including phenoxy) is 1. The topological polar surface area (TPSA) is 92.6 Å². The monoisotopic (exact) mass is 451 g/mol. The normalized spacial score (nSPS) is 16.1. The number of hydrogen-bond donors (Lipinski definition) is 1. The molecule has 0 aliphatic carbocycles. The van der Waals surface area contributed by atoms with Crippen LogP contribution in [-0.4, -0.2) is 38.6 Å². The summed E-state index contributed by atoms with van der Waals surface area (Å²) in [7, 11) is 0. The highest BCUT2D eigenvalue weighted by atomic mass is 32.1. The fraction of sp³-hybridized carbons (Fsp3) is 0.333. The first-order valence-corrected chi connectivity index (χ1v) is 11.4. The van der Waals surface area contributed by atoms with Gasteiger partial charge >= 0.3 is 5.97 Å². The van der Waals surface area contributed by atoms with E-state index in [1.807, 2.05) is 31.2 Å². The number of aromatic nitrogens is 2. The summed E-state index contributed by atoms with van der Waals surface area (Å²) < 4.78 is 6.07. The minimum absolute atomic E-state index is 0.105. The first-order valence-electron chi connectivity index (χ1n) is 10.6.